The first-order valence-electron chi connectivity index (χ1n) is 7.85. The molecule has 0 atom stereocenters. The molecular weight excluding hydrogens is 428 g/mol. The average molecular weight is 445 g/mol. The molecule has 1 aromatic heterocycles. The smallest absolute Gasteiger partial charge is 0.368 e. The van der Waals surface area contributed by atoms with E-state index in [4.69, 9.17) is 14.2 Å². The van der Waals surface area contributed by atoms with Crippen LogP contribution in [0.15, 0.2) is 18.2 Å². The first-order valence-corrected chi connectivity index (χ1v) is 11.0. The van der Waals surface area contributed by atoms with Crippen LogP contribution in [0.25, 0.3) is 5.69 Å². The lowest BCUT2D eigenvalue weighted by atomic mass is 9.97. The number of rotatable bonds is 3. The van der Waals surface area contributed by atoms with Gasteiger partial charge in [0.2, 0.25) is 5.95 Å². The Morgan fingerprint density at radius 1 is 1.26 bits per heavy atom. The van der Waals surface area contributed by atoms with Gasteiger partial charge in [-0.05, 0) is 41.9 Å². The van der Waals surface area contributed by atoms with Gasteiger partial charge in [0, 0.05) is 21.4 Å². The van der Waals surface area contributed by atoms with Crippen molar-refractivity contribution in [3.8, 4) is 5.69 Å². The Bertz CT molecular complexity index is 918. The Morgan fingerprint density at radius 3 is 2.22 bits per heavy atom. The van der Waals surface area contributed by atoms with E-state index >= 15 is 0 Å². The number of aromatic nitrogens is 3. The second-order valence-corrected chi connectivity index (χ2v) is 10.00. The first kappa shape index (κ1) is 21.8. The molecule has 1 aromatic carbocycles. The first-order chi connectivity index (χ1) is 12.3. The summed E-state index contributed by atoms with van der Waals surface area (Å²) in [5.74, 6) is -0.733. The molecule has 1 fully saturated rings. The summed E-state index contributed by atoms with van der Waals surface area (Å²) in [7, 11) is 4.81. The molecule has 0 saturated heterocycles. The summed E-state index contributed by atoms with van der Waals surface area (Å²) in [5.41, 5.74) is 8.39. The van der Waals surface area contributed by atoms with Crippen molar-refractivity contribution in [3.05, 3.63) is 35.2 Å². The second kappa shape index (κ2) is 7.84. The molecule has 0 bridgehead atoms. The van der Waals surface area contributed by atoms with E-state index in [0.29, 0.717) is 17.5 Å². The minimum absolute atomic E-state index is 0.244. The van der Waals surface area contributed by atoms with E-state index in [1.807, 2.05) is 12.1 Å². The van der Waals surface area contributed by atoms with Gasteiger partial charge in [0.15, 0.2) is 0 Å². The van der Waals surface area contributed by atoms with E-state index in [0.717, 1.165) is 28.7 Å². The summed E-state index contributed by atoms with van der Waals surface area (Å²) in [6.45, 7) is 4.16. The monoisotopic (exact) mass is 444 g/mol. The molecule has 2 aromatic rings. The molecule has 150 valence electrons. The van der Waals surface area contributed by atoms with Crippen molar-refractivity contribution in [3.63, 3.8) is 0 Å². The summed E-state index contributed by atoms with van der Waals surface area (Å²) < 4.78 is 57.7. The molecule has 3 rings (SSSR count). The zero-order chi connectivity index (χ0) is 20.6. The fourth-order valence-electron chi connectivity index (χ4n) is 2.47. The summed E-state index contributed by atoms with van der Waals surface area (Å²) in [5, 5.41) is 3.55. The number of halogens is 5. The Morgan fingerprint density at radius 2 is 1.81 bits per heavy atom. The maximum atomic E-state index is 12.7. The second-order valence-electron chi connectivity index (χ2n) is 6.33. The number of anilines is 1. The fourth-order valence-corrected chi connectivity index (χ4v) is 2.47. The van der Waals surface area contributed by atoms with E-state index < -0.39 is 20.3 Å². The fraction of sp³-hybridized carbons (Fsp3) is 0.467. The highest BCUT2D eigenvalue weighted by Gasteiger charge is 2.37. The molecule has 12 heteroatoms. The third-order valence-corrected chi connectivity index (χ3v) is 3.85. The van der Waals surface area contributed by atoms with Gasteiger partial charge in [-0.3, -0.25) is 0 Å². The van der Waals surface area contributed by atoms with Crippen LogP contribution in [-0.4, -0.2) is 23.2 Å². The normalized spacial score (nSPS) is 14.8. The molecule has 1 heterocycles. The molecular formula is C15H17Cl2F3N4O2S. The van der Waals surface area contributed by atoms with Crippen LogP contribution in [0.1, 0.15) is 55.5 Å². The standard InChI is InChI=1S/C15H17F3N4.Cl2O2S/c1-8(2)10-5-6-12(11(7-10)9-3-4-9)22-14(19)20-13(21-22)15(16,17)18;1-5(2,3)4/h5-9H,3-4H2,1-2H3,(H2,19,20,21);. The maximum Gasteiger partial charge on any atom is 0.453 e. The molecule has 0 amide bonds. The lowest BCUT2D eigenvalue weighted by Crippen LogP contribution is -2.09. The highest BCUT2D eigenvalue weighted by molar-refractivity contribution is 8.31. The van der Waals surface area contributed by atoms with Gasteiger partial charge in [0.1, 0.15) is 0 Å². The quantitative estimate of drug-likeness (QED) is 0.699. The van der Waals surface area contributed by atoms with Crippen LogP contribution >= 0.6 is 21.4 Å². The van der Waals surface area contributed by atoms with E-state index in [2.05, 4.69) is 45.3 Å². The summed E-state index contributed by atoms with van der Waals surface area (Å²) in [4.78, 5) is 3.34. The van der Waals surface area contributed by atoms with Gasteiger partial charge in [0.25, 0.3) is 5.82 Å². The number of nitrogens with zero attached hydrogens (tertiary/aromatic N) is 3. The van der Waals surface area contributed by atoms with Gasteiger partial charge in [-0.25, -0.2) is 0 Å². The van der Waals surface area contributed by atoms with Crippen molar-refractivity contribution in [1.82, 2.24) is 14.8 Å². The largest absolute Gasteiger partial charge is 0.453 e. The number of benzene rings is 1. The average Bonchev–Trinajstić information content (AvgIpc) is 3.26. The minimum Gasteiger partial charge on any atom is -0.368 e. The van der Waals surface area contributed by atoms with Crippen LogP contribution < -0.4 is 5.73 Å². The van der Waals surface area contributed by atoms with Gasteiger partial charge in [0.05, 0.1) is 5.69 Å². The molecule has 1 saturated carbocycles. The van der Waals surface area contributed by atoms with Crippen LogP contribution in [0, 0.1) is 0 Å². The van der Waals surface area contributed by atoms with Crippen LogP contribution in [0.2, 0.25) is 0 Å². The van der Waals surface area contributed by atoms with E-state index in [9.17, 15) is 13.2 Å². The van der Waals surface area contributed by atoms with Crippen LogP contribution in [-0.2, 0) is 14.4 Å². The zero-order valence-corrected chi connectivity index (χ0v) is 16.7. The van der Waals surface area contributed by atoms with Gasteiger partial charge >= 0.3 is 14.4 Å². The maximum absolute atomic E-state index is 12.7. The van der Waals surface area contributed by atoms with Crippen LogP contribution in [0.5, 0.6) is 0 Å². The van der Waals surface area contributed by atoms with Gasteiger partial charge < -0.3 is 5.73 Å². The van der Waals surface area contributed by atoms with Crippen molar-refractivity contribution in [2.45, 2.75) is 44.7 Å². The third kappa shape index (κ3) is 6.25. The van der Waals surface area contributed by atoms with Gasteiger partial charge in [-0.2, -0.15) is 31.3 Å². The molecule has 27 heavy (non-hydrogen) atoms. The Hall–Kier alpha value is -1.52. The number of hydrogen-bond donors (Lipinski definition) is 1. The number of nitrogens with two attached hydrogens (primary N) is 1. The molecule has 0 radical (unpaired) electrons. The molecule has 0 unspecified atom stereocenters. The lowest BCUT2D eigenvalue weighted by Gasteiger charge is -2.13. The highest BCUT2D eigenvalue weighted by Crippen LogP contribution is 2.44. The van der Waals surface area contributed by atoms with Crippen molar-refractivity contribution in [2.75, 3.05) is 5.73 Å². The SMILES string of the molecule is CC(C)c1ccc(-n2nc(C(F)(F)F)nc2N)c(C2CC2)c1.O=S(=O)(Cl)Cl. The number of nitrogen functional groups attached to an aromatic ring is 1. The highest BCUT2D eigenvalue weighted by atomic mass is 36.0. The van der Waals surface area contributed by atoms with Gasteiger partial charge in [-0.1, -0.05) is 26.0 Å². The Labute approximate surface area is 163 Å². The zero-order valence-electron chi connectivity index (χ0n) is 14.3. The Balaban J connectivity index is 0.000000465. The van der Waals surface area contributed by atoms with Crippen molar-refractivity contribution >= 4 is 35.6 Å². The third-order valence-electron chi connectivity index (χ3n) is 3.85. The van der Waals surface area contributed by atoms with E-state index in [-0.39, 0.29) is 5.95 Å². The van der Waals surface area contributed by atoms with Crippen molar-refractivity contribution in [1.29, 1.82) is 0 Å². The molecule has 1 aliphatic rings. The van der Waals surface area contributed by atoms with Crippen molar-refractivity contribution in [2.24, 2.45) is 0 Å². The summed E-state index contributed by atoms with van der Waals surface area (Å²) in [6, 6.07) is 5.74. The minimum atomic E-state index is -4.60. The molecule has 0 spiro atoms. The van der Waals surface area contributed by atoms with Crippen LogP contribution in [0.4, 0.5) is 19.1 Å². The molecule has 2 N–H and O–H groups in total. The van der Waals surface area contributed by atoms with E-state index in [1.54, 1.807) is 6.07 Å². The summed E-state index contributed by atoms with van der Waals surface area (Å²) >= 11 is 0. The van der Waals surface area contributed by atoms with Crippen LogP contribution in [0.3, 0.4) is 0 Å². The molecule has 0 aliphatic heterocycles. The topological polar surface area (TPSA) is 90.9 Å². The predicted octanol–water partition coefficient (Wildman–Crippen LogP) is 4.58. The summed E-state index contributed by atoms with van der Waals surface area (Å²) in [6.07, 6.45) is -2.53. The molecule has 6 nitrogen and oxygen atoms in total. The van der Waals surface area contributed by atoms with Crippen molar-refractivity contribution < 1.29 is 21.6 Å². The van der Waals surface area contributed by atoms with Gasteiger partial charge in [-0.15, -0.1) is 5.10 Å². The number of alkyl halides is 3. The molecule has 1 aliphatic carbocycles. The predicted molar refractivity (Wildman–Crippen MR) is 97.5 cm³/mol. The number of hydrogen-bond acceptors (Lipinski definition) is 5. The Kier molecular flexibility index (Phi) is 6.33. The van der Waals surface area contributed by atoms with E-state index in [1.165, 1.54) is 0 Å². The lowest BCUT2D eigenvalue weighted by molar-refractivity contribution is -0.144.